The number of anilines is 1. The number of fused-ring (bicyclic) bond motifs is 2. The zero-order valence-corrected chi connectivity index (χ0v) is 15.8. The molecule has 0 unspecified atom stereocenters. The Labute approximate surface area is 163 Å². The predicted molar refractivity (Wildman–Crippen MR) is 110 cm³/mol. The molecule has 0 bridgehead atoms. The fourth-order valence-corrected chi connectivity index (χ4v) is 3.99. The van der Waals surface area contributed by atoms with Gasteiger partial charge in [0.25, 0.3) is 0 Å². The Morgan fingerprint density at radius 3 is 2.93 bits per heavy atom. The van der Waals surface area contributed by atoms with Crippen LogP contribution in [0.1, 0.15) is 5.56 Å². The molecular formula is C19H15ClN6S. The van der Waals surface area contributed by atoms with E-state index in [-0.39, 0.29) is 0 Å². The van der Waals surface area contributed by atoms with Crippen LogP contribution in [0.2, 0.25) is 5.02 Å². The van der Waals surface area contributed by atoms with Gasteiger partial charge in [-0.3, -0.25) is 0 Å². The number of H-pyrrole nitrogens is 1. The van der Waals surface area contributed by atoms with Crippen molar-refractivity contribution >= 4 is 44.1 Å². The molecule has 5 rings (SSSR count). The lowest BCUT2D eigenvalue weighted by molar-refractivity contribution is 0.950. The van der Waals surface area contributed by atoms with Crippen LogP contribution in [0.15, 0.2) is 55.0 Å². The van der Waals surface area contributed by atoms with Crippen LogP contribution in [-0.4, -0.2) is 31.1 Å². The minimum absolute atomic E-state index is 0.718. The zero-order chi connectivity index (χ0) is 18.2. The van der Waals surface area contributed by atoms with Crippen LogP contribution in [0, 0.1) is 0 Å². The minimum Gasteiger partial charge on any atom is -0.360 e. The number of imidazole rings is 1. The molecule has 0 aliphatic heterocycles. The molecule has 0 fully saturated rings. The van der Waals surface area contributed by atoms with E-state index >= 15 is 0 Å². The molecule has 0 spiro atoms. The van der Waals surface area contributed by atoms with Gasteiger partial charge in [-0.05, 0) is 36.2 Å². The largest absolute Gasteiger partial charge is 0.360 e. The van der Waals surface area contributed by atoms with Crippen LogP contribution in [0.4, 0.5) is 5.13 Å². The number of aromatic amines is 1. The average molecular weight is 395 g/mol. The Hall–Kier alpha value is -2.90. The highest BCUT2D eigenvalue weighted by Gasteiger charge is 2.10. The smallest absolute Gasteiger partial charge is 0.214 e. The van der Waals surface area contributed by atoms with Crippen LogP contribution >= 0.6 is 22.9 Å². The van der Waals surface area contributed by atoms with E-state index in [2.05, 4.69) is 31.4 Å². The monoisotopic (exact) mass is 394 g/mol. The minimum atomic E-state index is 0.718. The molecule has 0 aliphatic rings. The zero-order valence-electron chi connectivity index (χ0n) is 14.2. The van der Waals surface area contributed by atoms with E-state index in [0.29, 0.717) is 0 Å². The standard InChI is InChI=1S/C19H15ClN6S/c20-14-5-3-12(4-6-14)16-11-26-19(24-16)27-18(25-26)22-9-7-13-10-23-17-15(13)2-1-8-21-17/h1-6,8,10-11H,7,9H2,(H,21,23)(H,22,25). The summed E-state index contributed by atoms with van der Waals surface area (Å²) in [4.78, 5) is 13.0. The second-order valence-electron chi connectivity index (χ2n) is 6.16. The maximum atomic E-state index is 5.95. The second-order valence-corrected chi connectivity index (χ2v) is 7.55. The number of hydrogen-bond donors (Lipinski definition) is 2. The molecule has 0 atom stereocenters. The van der Waals surface area contributed by atoms with E-state index in [4.69, 9.17) is 11.6 Å². The summed E-state index contributed by atoms with van der Waals surface area (Å²) in [5, 5.41) is 10.7. The molecule has 0 aliphatic carbocycles. The van der Waals surface area contributed by atoms with Crippen LogP contribution in [0.5, 0.6) is 0 Å². The summed E-state index contributed by atoms with van der Waals surface area (Å²) >= 11 is 7.49. The van der Waals surface area contributed by atoms with E-state index in [9.17, 15) is 0 Å². The quantitative estimate of drug-likeness (QED) is 0.455. The van der Waals surface area contributed by atoms with Gasteiger partial charge < -0.3 is 10.3 Å². The third-order valence-corrected chi connectivity index (χ3v) is 5.52. The Bertz CT molecular complexity index is 1190. The van der Waals surface area contributed by atoms with Crippen LogP contribution in [0.3, 0.4) is 0 Å². The van der Waals surface area contributed by atoms with Crippen molar-refractivity contribution in [3.05, 3.63) is 65.6 Å². The lowest BCUT2D eigenvalue weighted by atomic mass is 10.1. The SMILES string of the molecule is Clc1ccc(-c2cn3nc(NCCc4c[nH]c5ncccc45)sc3n2)cc1. The van der Waals surface area contributed by atoms with Crippen molar-refractivity contribution in [1.82, 2.24) is 24.6 Å². The third-order valence-electron chi connectivity index (χ3n) is 4.39. The average Bonchev–Trinajstić information content (AvgIpc) is 3.36. The Morgan fingerprint density at radius 1 is 1.19 bits per heavy atom. The van der Waals surface area contributed by atoms with Crippen molar-refractivity contribution in [3.8, 4) is 11.3 Å². The van der Waals surface area contributed by atoms with E-state index in [1.54, 1.807) is 17.5 Å². The summed E-state index contributed by atoms with van der Waals surface area (Å²) in [6.07, 6.45) is 6.64. The predicted octanol–water partition coefficient (Wildman–Crippen LogP) is 4.64. The molecule has 0 saturated carbocycles. The highest BCUT2D eigenvalue weighted by molar-refractivity contribution is 7.20. The van der Waals surface area contributed by atoms with Gasteiger partial charge in [0.2, 0.25) is 10.1 Å². The van der Waals surface area contributed by atoms with Gasteiger partial charge in [0.1, 0.15) is 5.65 Å². The number of pyridine rings is 1. The summed E-state index contributed by atoms with van der Waals surface area (Å²) in [7, 11) is 0. The van der Waals surface area contributed by atoms with Crippen molar-refractivity contribution in [2.45, 2.75) is 6.42 Å². The molecule has 4 aromatic heterocycles. The molecule has 0 amide bonds. The van der Waals surface area contributed by atoms with E-state index in [1.807, 2.05) is 47.2 Å². The molecule has 6 nitrogen and oxygen atoms in total. The first kappa shape index (κ1) is 16.3. The molecule has 2 N–H and O–H groups in total. The molecule has 0 radical (unpaired) electrons. The fraction of sp³-hybridized carbons (Fsp3) is 0.105. The number of nitrogens with zero attached hydrogens (tertiary/aromatic N) is 4. The molecule has 8 heteroatoms. The number of benzene rings is 1. The van der Waals surface area contributed by atoms with Crippen molar-refractivity contribution in [2.75, 3.05) is 11.9 Å². The van der Waals surface area contributed by atoms with Crippen molar-refractivity contribution in [2.24, 2.45) is 0 Å². The van der Waals surface area contributed by atoms with Gasteiger partial charge in [0.05, 0.1) is 11.9 Å². The molecule has 134 valence electrons. The fourth-order valence-electron chi connectivity index (χ4n) is 3.05. The van der Waals surface area contributed by atoms with E-state index in [1.165, 1.54) is 10.9 Å². The normalized spacial score (nSPS) is 11.4. The molecule has 4 heterocycles. The number of hydrogen-bond acceptors (Lipinski definition) is 5. The van der Waals surface area contributed by atoms with Crippen molar-refractivity contribution < 1.29 is 0 Å². The van der Waals surface area contributed by atoms with Crippen molar-refractivity contribution in [1.29, 1.82) is 0 Å². The lowest BCUT2D eigenvalue weighted by Gasteiger charge is -2.01. The maximum Gasteiger partial charge on any atom is 0.214 e. The topological polar surface area (TPSA) is 70.9 Å². The first-order valence-electron chi connectivity index (χ1n) is 8.53. The van der Waals surface area contributed by atoms with E-state index < -0.39 is 0 Å². The van der Waals surface area contributed by atoms with Crippen LogP contribution in [-0.2, 0) is 6.42 Å². The number of rotatable bonds is 5. The second kappa shape index (κ2) is 6.68. The molecule has 0 saturated heterocycles. The van der Waals surface area contributed by atoms with Gasteiger partial charge >= 0.3 is 0 Å². The Balaban J connectivity index is 1.28. The van der Waals surface area contributed by atoms with Gasteiger partial charge in [-0.2, -0.15) is 0 Å². The van der Waals surface area contributed by atoms with Gasteiger partial charge in [-0.15, -0.1) is 5.10 Å². The first-order valence-corrected chi connectivity index (χ1v) is 9.73. The molecule has 27 heavy (non-hydrogen) atoms. The lowest BCUT2D eigenvalue weighted by Crippen LogP contribution is -2.04. The Kier molecular flexibility index (Phi) is 4.03. The number of aromatic nitrogens is 5. The Morgan fingerprint density at radius 2 is 2.07 bits per heavy atom. The van der Waals surface area contributed by atoms with Gasteiger partial charge in [-0.1, -0.05) is 35.1 Å². The van der Waals surface area contributed by atoms with Gasteiger partial charge in [0.15, 0.2) is 0 Å². The highest BCUT2D eigenvalue weighted by atomic mass is 35.5. The number of halogens is 1. The van der Waals surface area contributed by atoms with E-state index in [0.717, 1.165) is 45.0 Å². The summed E-state index contributed by atoms with van der Waals surface area (Å²) in [5.74, 6) is 0. The number of nitrogens with one attached hydrogen (secondary N) is 2. The highest BCUT2D eigenvalue weighted by Crippen LogP contribution is 2.25. The third kappa shape index (κ3) is 3.15. The summed E-state index contributed by atoms with van der Waals surface area (Å²) < 4.78 is 1.81. The van der Waals surface area contributed by atoms with Gasteiger partial charge in [0, 0.05) is 34.9 Å². The van der Waals surface area contributed by atoms with Crippen molar-refractivity contribution in [3.63, 3.8) is 0 Å². The maximum absolute atomic E-state index is 5.95. The molecule has 5 aromatic rings. The summed E-state index contributed by atoms with van der Waals surface area (Å²) in [5.41, 5.74) is 4.09. The summed E-state index contributed by atoms with van der Waals surface area (Å²) in [6.45, 7) is 0.794. The summed E-state index contributed by atoms with van der Waals surface area (Å²) in [6, 6.07) is 11.7. The van der Waals surface area contributed by atoms with Gasteiger partial charge in [-0.25, -0.2) is 14.5 Å². The van der Waals surface area contributed by atoms with Crippen LogP contribution < -0.4 is 5.32 Å². The molecule has 1 aromatic carbocycles. The molecular weight excluding hydrogens is 380 g/mol. The van der Waals surface area contributed by atoms with Crippen LogP contribution in [0.25, 0.3) is 27.3 Å². The first-order chi connectivity index (χ1) is 13.3.